The van der Waals surface area contributed by atoms with Crippen molar-refractivity contribution in [2.45, 2.75) is 58.4 Å². The number of hydrogen-bond acceptors (Lipinski definition) is 3. The summed E-state index contributed by atoms with van der Waals surface area (Å²) in [6.07, 6.45) is 7.00. The topological polar surface area (TPSA) is 18.5 Å². The first-order chi connectivity index (χ1) is 9.53. The fourth-order valence-electron chi connectivity index (χ4n) is 3.50. The molecule has 2 rings (SSSR count). The fourth-order valence-corrected chi connectivity index (χ4v) is 3.50. The molecule has 1 atom stereocenters. The van der Waals surface area contributed by atoms with Crippen molar-refractivity contribution in [3.63, 3.8) is 0 Å². The number of piperidine rings is 1. The van der Waals surface area contributed by atoms with Crippen LogP contribution in [0.1, 0.15) is 52.9 Å². The third-order valence-electron chi connectivity index (χ3n) is 4.67. The quantitative estimate of drug-likeness (QED) is 0.807. The molecule has 0 saturated carbocycles. The highest BCUT2D eigenvalue weighted by Crippen LogP contribution is 2.17. The molecule has 0 bridgehead atoms. The van der Waals surface area contributed by atoms with Crippen LogP contribution in [0, 0.1) is 5.92 Å². The van der Waals surface area contributed by atoms with E-state index in [-0.39, 0.29) is 5.54 Å². The Kier molecular flexibility index (Phi) is 6.31. The molecule has 20 heavy (non-hydrogen) atoms. The number of nitrogens with zero attached hydrogens (tertiary/aromatic N) is 2. The maximum Gasteiger partial charge on any atom is 0.00966 e. The van der Waals surface area contributed by atoms with Gasteiger partial charge in [0.1, 0.15) is 0 Å². The van der Waals surface area contributed by atoms with E-state index < -0.39 is 0 Å². The molecule has 0 aromatic carbocycles. The highest BCUT2D eigenvalue weighted by Gasteiger charge is 2.21. The zero-order chi connectivity index (χ0) is 14.4. The van der Waals surface area contributed by atoms with Gasteiger partial charge in [0, 0.05) is 12.1 Å². The van der Waals surface area contributed by atoms with E-state index in [1.165, 1.54) is 77.9 Å². The Morgan fingerprint density at radius 3 is 2.30 bits per heavy atom. The zero-order valence-corrected chi connectivity index (χ0v) is 14.0. The molecule has 118 valence electrons. The van der Waals surface area contributed by atoms with Gasteiger partial charge in [0.05, 0.1) is 0 Å². The van der Waals surface area contributed by atoms with Gasteiger partial charge in [0.15, 0.2) is 0 Å². The van der Waals surface area contributed by atoms with E-state index >= 15 is 0 Å². The van der Waals surface area contributed by atoms with Gasteiger partial charge < -0.3 is 15.1 Å². The van der Waals surface area contributed by atoms with Gasteiger partial charge in [-0.15, -0.1) is 0 Å². The van der Waals surface area contributed by atoms with E-state index in [0.29, 0.717) is 0 Å². The van der Waals surface area contributed by atoms with E-state index in [1.807, 2.05) is 0 Å². The second-order valence-corrected chi connectivity index (χ2v) is 7.84. The van der Waals surface area contributed by atoms with Crippen molar-refractivity contribution < 1.29 is 0 Å². The molecule has 2 saturated heterocycles. The first-order valence-corrected chi connectivity index (χ1v) is 8.73. The molecule has 0 radical (unpaired) electrons. The summed E-state index contributed by atoms with van der Waals surface area (Å²) in [6, 6.07) is 0. The Morgan fingerprint density at radius 2 is 1.60 bits per heavy atom. The third kappa shape index (κ3) is 6.11. The maximum atomic E-state index is 3.68. The maximum absolute atomic E-state index is 3.68. The highest BCUT2D eigenvalue weighted by atomic mass is 15.2. The molecule has 3 heteroatoms. The minimum absolute atomic E-state index is 0.262. The van der Waals surface area contributed by atoms with Crippen molar-refractivity contribution >= 4 is 0 Å². The van der Waals surface area contributed by atoms with E-state index in [4.69, 9.17) is 0 Å². The van der Waals surface area contributed by atoms with Crippen molar-refractivity contribution in [2.75, 3.05) is 45.8 Å². The van der Waals surface area contributed by atoms with Crippen molar-refractivity contribution in [1.29, 1.82) is 0 Å². The van der Waals surface area contributed by atoms with Crippen LogP contribution in [0.4, 0.5) is 0 Å². The van der Waals surface area contributed by atoms with Crippen LogP contribution in [0.15, 0.2) is 0 Å². The predicted octanol–water partition coefficient (Wildman–Crippen LogP) is 2.57. The van der Waals surface area contributed by atoms with E-state index in [2.05, 4.69) is 35.9 Å². The Morgan fingerprint density at radius 1 is 0.950 bits per heavy atom. The number of likely N-dealkylation sites (tertiary alicyclic amines) is 2. The number of rotatable bonds is 6. The van der Waals surface area contributed by atoms with Gasteiger partial charge in [0.2, 0.25) is 0 Å². The van der Waals surface area contributed by atoms with Crippen LogP contribution in [0.25, 0.3) is 0 Å². The normalized spacial score (nSPS) is 26.2. The molecule has 0 aromatic rings. The lowest BCUT2D eigenvalue weighted by molar-refractivity contribution is 0.159. The Labute approximate surface area is 126 Å². The SMILES string of the molecule is CC(C)(C)NCC1CCCN(CCCN2CCCC2)C1. The summed E-state index contributed by atoms with van der Waals surface area (Å²) in [5.74, 6) is 0.856. The Hall–Kier alpha value is -0.120. The molecule has 0 aliphatic carbocycles. The van der Waals surface area contributed by atoms with Crippen LogP contribution in [0.2, 0.25) is 0 Å². The monoisotopic (exact) mass is 281 g/mol. The van der Waals surface area contributed by atoms with Crippen molar-refractivity contribution in [3.8, 4) is 0 Å². The summed E-state index contributed by atoms with van der Waals surface area (Å²) >= 11 is 0. The van der Waals surface area contributed by atoms with Crippen LogP contribution in [-0.2, 0) is 0 Å². The number of hydrogen-bond donors (Lipinski definition) is 1. The lowest BCUT2D eigenvalue weighted by atomic mass is 9.96. The molecule has 1 unspecified atom stereocenters. The van der Waals surface area contributed by atoms with Gasteiger partial charge in [0.25, 0.3) is 0 Å². The molecule has 1 N–H and O–H groups in total. The first kappa shape index (κ1) is 16.3. The molecule has 0 spiro atoms. The van der Waals surface area contributed by atoms with Crippen LogP contribution >= 0.6 is 0 Å². The first-order valence-electron chi connectivity index (χ1n) is 8.73. The molecule has 2 heterocycles. The molecular weight excluding hydrogens is 246 g/mol. The third-order valence-corrected chi connectivity index (χ3v) is 4.67. The molecule has 0 amide bonds. The average Bonchev–Trinajstić information content (AvgIpc) is 2.89. The van der Waals surface area contributed by atoms with E-state index in [1.54, 1.807) is 0 Å². The minimum Gasteiger partial charge on any atom is -0.312 e. The van der Waals surface area contributed by atoms with Crippen LogP contribution < -0.4 is 5.32 Å². The lowest BCUT2D eigenvalue weighted by Crippen LogP contribution is -2.45. The zero-order valence-electron chi connectivity index (χ0n) is 14.0. The summed E-state index contributed by atoms with van der Waals surface area (Å²) in [5.41, 5.74) is 0.262. The summed E-state index contributed by atoms with van der Waals surface area (Å²) in [4.78, 5) is 5.34. The lowest BCUT2D eigenvalue weighted by Gasteiger charge is -2.34. The summed E-state index contributed by atoms with van der Waals surface area (Å²) < 4.78 is 0. The van der Waals surface area contributed by atoms with Gasteiger partial charge in [-0.05, 0) is 98.1 Å². The second kappa shape index (κ2) is 7.77. The number of nitrogens with one attached hydrogen (secondary N) is 1. The van der Waals surface area contributed by atoms with E-state index in [0.717, 1.165) is 5.92 Å². The van der Waals surface area contributed by atoms with Gasteiger partial charge in [-0.3, -0.25) is 0 Å². The molecule has 2 aliphatic rings. The molecular formula is C17H35N3. The van der Waals surface area contributed by atoms with Crippen molar-refractivity contribution in [3.05, 3.63) is 0 Å². The van der Waals surface area contributed by atoms with E-state index in [9.17, 15) is 0 Å². The van der Waals surface area contributed by atoms with Gasteiger partial charge >= 0.3 is 0 Å². The smallest absolute Gasteiger partial charge is 0.00966 e. The van der Waals surface area contributed by atoms with Gasteiger partial charge in [-0.1, -0.05) is 0 Å². The van der Waals surface area contributed by atoms with Crippen LogP contribution in [-0.4, -0.2) is 61.2 Å². The van der Waals surface area contributed by atoms with Gasteiger partial charge in [-0.2, -0.15) is 0 Å². The Balaban J connectivity index is 1.60. The molecule has 2 aliphatic heterocycles. The Bertz CT molecular complexity index is 266. The van der Waals surface area contributed by atoms with Crippen molar-refractivity contribution in [2.24, 2.45) is 5.92 Å². The minimum atomic E-state index is 0.262. The van der Waals surface area contributed by atoms with Crippen molar-refractivity contribution in [1.82, 2.24) is 15.1 Å². The molecule has 3 nitrogen and oxygen atoms in total. The fraction of sp³-hybridized carbons (Fsp3) is 1.00. The second-order valence-electron chi connectivity index (χ2n) is 7.84. The summed E-state index contributed by atoms with van der Waals surface area (Å²) in [6.45, 7) is 15.9. The van der Waals surface area contributed by atoms with Crippen LogP contribution in [0.3, 0.4) is 0 Å². The largest absolute Gasteiger partial charge is 0.312 e. The standard InChI is InChI=1S/C17H35N3/c1-17(2,3)18-14-16-8-6-11-20(15-16)13-7-12-19-9-4-5-10-19/h16,18H,4-15H2,1-3H3. The van der Waals surface area contributed by atoms with Crippen LogP contribution in [0.5, 0.6) is 0 Å². The predicted molar refractivity (Wildman–Crippen MR) is 87.2 cm³/mol. The summed E-state index contributed by atoms with van der Waals surface area (Å²) in [7, 11) is 0. The summed E-state index contributed by atoms with van der Waals surface area (Å²) in [5, 5.41) is 3.68. The molecule has 0 aromatic heterocycles. The molecule has 2 fully saturated rings. The van der Waals surface area contributed by atoms with Gasteiger partial charge in [-0.25, -0.2) is 0 Å². The highest BCUT2D eigenvalue weighted by molar-refractivity contribution is 4.79. The average molecular weight is 281 g/mol.